The molecule has 7 aliphatic rings. The summed E-state index contributed by atoms with van der Waals surface area (Å²) < 4.78 is 0. The van der Waals surface area contributed by atoms with Crippen LogP contribution >= 0.6 is 0 Å². The standard InChI is InChI=1S/C50H46N6/c1-7-49-28-33-23-26-38(36(49)27-33)56-44-43(51-41-42(52-44)48(5,6)30-47(41,3)4)54-35-24-21-32(22-25-35)29-50(49,46(54)56)45-53(34-16-9-8-10-17-34)39-19-13-14-20-40(39)55(45)37-18-12-11-15-31(37)2/h7-27,45-46H,1,28-30H2,2-6H3. The second kappa shape index (κ2) is 10.5. The number of rotatable bonds is 4. The fourth-order valence-electron chi connectivity index (χ4n) is 12.5. The molecule has 276 valence electrons. The molecule has 5 aromatic carbocycles. The minimum absolute atomic E-state index is 0.101. The van der Waals surface area contributed by atoms with Gasteiger partial charge < -0.3 is 19.6 Å². The van der Waals surface area contributed by atoms with Crippen LogP contribution in [0.3, 0.4) is 0 Å². The topological polar surface area (TPSA) is 38.7 Å². The molecule has 6 aromatic rings. The Morgan fingerprint density at radius 3 is 1.82 bits per heavy atom. The van der Waals surface area contributed by atoms with E-state index >= 15 is 0 Å². The third-order valence-electron chi connectivity index (χ3n) is 14.4. The summed E-state index contributed by atoms with van der Waals surface area (Å²) in [6.07, 6.45) is 4.67. The largest absolute Gasteiger partial charge is 0.317 e. The maximum atomic E-state index is 5.83. The zero-order valence-corrected chi connectivity index (χ0v) is 32.8. The predicted octanol–water partition coefficient (Wildman–Crippen LogP) is 11.2. The van der Waals surface area contributed by atoms with E-state index < -0.39 is 10.8 Å². The second-order valence-electron chi connectivity index (χ2n) is 18.4. The molecule has 6 nitrogen and oxygen atoms in total. The number of hydrogen-bond donors (Lipinski definition) is 0. The number of fused-ring (bicyclic) bond motifs is 8. The van der Waals surface area contributed by atoms with Gasteiger partial charge in [-0.15, -0.1) is 6.58 Å². The van der Waals surface area contributed by atoms with E-state index in [2.05, 4.69) is 182 Å². The Morgan fingerprint density at radius 1 is 0.571 bits per heavy atom. The Kier molecular flexibility index (Phi) is 6.06. The fourth-order valence-corrected chi connectivity index (χ4v) is 12.5. The summed E-state index contributed by atoms with van der Waals surface area (Å²) in [5.74, 6) is 1.92. The Bertz CT molecular complexity index is 2660. The van der Waals surface area contributed by atoms with Crippen LogP contribution in [0.5, 0.6) is 0 Å². The van der Waals surface area contributed by atoms with Crippen molar-refractivity contribution in [2.75, 3.05) is 19.6 Å². The third kappa shape index (κ3) is 3.74. The number of aromatic nitrogens is 2. The number of hydrogen-bond acceptors (Lipinski definition) is 6. The molecule has 4 bridgehead atoms. The summed E-state index contributed by atoms with van der Waals surface area (Å²) in [5.41, 5.74) is 13.5. The van der Waals surface area contributed by atoms with Crippen LogP contribution in [-0.2, 0) is 29.1 Å². The maximum absolute atomic E-state index is 5.83. The molecule has 4 atom stereocenters. The monoisotopic (exact) mass is 730 g/mol. The average molecular weight is 731 g/mol. The van der Waals surface area contributed by atoms with Gasteiger partial charge in [0.05, 0.1) is 28.2 Å². The lowest BCUT2D eigenvalue weighted by molar-refractivity contribution is 0.0784. The van der Waals surface area contributed by atoms with E-state index in [4.69, 9.17) is 16.5 Å². The van der Waals surface area contributed by atoms with Crippen LogP contribution < -0.4 is 19.6 Å². The Morgan fingerprint density at radius 2 is 1.14 bits per heavy atom. The van der Waals surface area contributed by atoms with Crippen LogP contribution in [-0.4, -0.2) is 22.3 Å². The van der Waals surface area contributed by atoms with Crippen molar-refractivity contribution in [3.8, 4) is 0 Å². The molecule has 6 heterocycles. The van der Waals surface area contributed by atoms with Gasteiger partial charge in [-0.25, -0.2) is 9.97 Å². The number of allylic oxidation sites excluding steroid dienone is 1. The van der Waals surface area contributed by atoms with Crippen molar-refractivity contribution < 1.29 is 0 Å². The highest BCUT2D eigenvalue weighted by molar-refractivity contribution is 5.93. The number of benzene rings is 5. The fraction of sp³-hybridized carbons (Fsp3) is 0.280. The van der Waals surface area contributed by atoms with Gasteiger partial charge in [0.25, 0.3) is 0 Å². The van der Waals surface area contributed by atoms with Crippen LogP contribution in [0.15, 0.2) is 134 Å². The number of anilines is 8. The smallest absolute Gasteiger partial charge is 0.179 e. The van der Waals surface area contributed by atoms with Crippen LogP contribution in [0, 0.1) is 12.3 Å². The first-order valence-electron chi connectivity index (χ1n) is 20.2. The van der Waals surface area contributed by atoms with Gasteiger partial charge in [0.1, 0.15) is 12.3 Å². The van der Waals surface area contributed by atoms with E-state index in [1.165, 1.54) is 50.7 Å². The lowest BCUT2D eigenvalue weighted by atomic mass is 9.51. The number of aryl methyl sites for hydroxylation is 1. The van der Waals surface area contributed by atoms with Gasteiger partial charge in [0.2, 0.25) is 0 Å². The summed E-state index contributed by atoms with van der Waals surface area (Å²) >= 11 is 0. The van der Waals surface area contributed by atoms with Gasteiger partial charge in [-0.05, 0) is 97.0 Å². The molecule has 5 aliphatic heterocycles. The zero-order valence-electron chi connectivity index (χ0n) is 32.8. The molecular weight excluding hydrogens is 685 g/mol. The molecule has 0 N–H and O–H groups in total. The van der Waals surface area contributed by atoms with Gasteiger partial charge in [-0.1, -0.05) is 107 Å². The first kappa shape index (κ1) is 32.4. The molecule has 0 amide bonds. The van der Waals surface area contributed by atoms with Crippen LogP contribution in [0.2, 0.25) is 0 Å². The lowest BCUT2D eigenvalue weighted by Gasteiger charge is -2.64. The maximum Gasteiger partial charge on any atom is 0.179 e. The van der Waals surface area contributed by atoms with E-state index in [9.17, 15) is 0 Å². The molecule has 0 saturated heterocycles. The van der Waals surface area contributed by atoms with Crippen LogP contribution in [0.25, 0.3) is 0 Å². The molecule has 1 aromatic heterocycles. The second-order valence-corrected chi connectivity index (χ2v) is 18.4. The van der Waals surface area contributed by atoms with Crippen molar-refractivity contribution in [3.05, 3.63) is 168 Å². The minimum Gasteiger partial charge on any atom is -0.317 e. The zero-order chi connectivity index (χ0) is 37.9. The highest BCUT2D eigenvalue weighted by Gasteiger charge is 2.73. The molecule has 0 saturated carbocycles. The van der Waals surface area contributed by atoms with E-state index in [1.54, 1.807) is 0 Å². The number of nitrogens with zero attached hydrogens (tertiary/aromatic N) is 6. The van der Waals surface area contributed by atoms with Gasteiger partial charge in [0, 0.05) is 39.0 Å². The third-order valence-corrected chi connectivity index (χ3v) is 14.4. The van der Waals surface area contributed by atoms with Gasteiger partial charge in [-0.3, -0.25) is 0 Å². The lowest BCUT2D eigenvalue weighted by Crippen LogP contribution is -2.73. The van der Waals surface area contributed by atoms with E-state index in [1.807, 2.05) is 0 Å². The van der Waals surface area contributed by atoms with Gasteiger partial charge in [-0.2, -0.15) is 0 Å². The summed E-state index contributed by atoms with van der Waals surface area (Å²) in [6.45, 7) is 16.5. The summed E-state index contributed by atoms with van der Waals surface area (Å²) in [6, 6.07) is 45.7. The van der Waals surface area contributed by atoms with Crippen molar-refractivity contribution in [1.29, 1.82) is 0 Å². The quantitative estimate of drug-likeness (QED) is 0.168. The van der Waals surface area contributed by atoms with Crippen molar-refractivity contribution in [2.24, 2.45) is 5.41 Å². The molecule has 13 rings (SSSR count). The normalized spacial score (nSPS) is 26.1. The highest BCUT2D eigenvalue weighted by Crippen LogP contribution is 2.71. The molecule has 56 heavy (non-hydrogen) atoms. The molecule has 4 unspecified atom stereocenters. The van der Waals surface area contributed by atoms with Crippen molar-refractivity contribution in [3.63, 3.8) is 0 Å². The van der Waals surface area contributed by atoms with Gasteiger partial charge in [0.15, 0.2) is 11.6 Å². The number of para-hydroxylation sites is 4. The van der Waals surface area contributed by atoms with Crippen LogP contribution in [0.4, 0.5) is 45.8 Å². The summed E-state index contributed by atoms with van der Waals surface area (Å²) in [7, 11) is 0. The van der Waals surface area contributed by atoms with Gasteiger partial charge >= 0.3 is 0 Å². The average Bonchev–Trinajstić information content (AvgIpc) is 3.87. The van der Waals surface area contributed by atoms with Crippen LogP contribution in [0.1, 0.15) is 67.8 Å². The SMILES string of the molecule is C=CC12Cc3ccc(c1c3)N1c3nc4c(nc3N3c5ccc(cc5)CC2(C2N(c5ccccc5)c5ccccc5N2c2ccccc2C)C31)C(C)(C)CC4(C)C. The minimum atomic E-state index is -0.553. The van der Waals surface area contributed by atoms with E-state index in [-0.39, 0.29) is 23.2 Å². The molecule has 2 aliphatic carbocycles. The predicted molar refractivity (Wildman–Crippen MR) is 227 cm³/mol. The molecular formula is C50H46N6. The molecule has 0 radical (unpaired) electrons. The van der Waals surface area contributed by atoms with Crippen molar-refractivity contribution in [2.45, 2.75) is 82.5 Å². The van der Waals surface area contributed by atoms with E-state index in [0.717, 1.165) is 48.0 Å². The van der Waals surface area contributed by atoms with Crippen molar-refractivity contribution in [1.82, 2.24) is 9.97 Å². The Labute approximate surface area is 329 Å². The van der Waals surface area contributed by atoms with Crippen molar-refractivity contribution >= 4 is 45.8 Å². The summed E-state index contributed by atoms with van der Waals surface area (Å²) in [4.78, 5) is 22.2. The first-order valence-corrected chi connectivity index (χ1v) is 20.2. The molecule has 0 fully saturated rings. The Hall–Kier alpha value is -5.88. The summed E-state index contributed by atoms with van der Waals surface area (Å²) in [5, 5.41) is 0. The Balaban J connectivity index is 1.25. The highest BCUT2D eigenvalue weighted by atomic mass is 15.5. The molecule has 0 spiro atoms. The molecule has 6 heteroatoms. The first-order chi connectivity index (χ1) is 27.1. The van der Waals surface area contributed by atoms with E-state index in [0.29, 0.717) is 0 Å².